The van der Waals surface area contributed by atoms with Crippen LogP contribution in [0.25, 0.3) is 0 Å². The van der Waals surface area contributed by atoms with Gasteiger partial charge >= 0.3 is 0 Å². The van der Waals surface area contributed by atoms with Crippen LogP contribution in [0.2, 0.25) is 0 Å². The summed E-state index contributed by atoms with van der Waals surface area (Å²) in [5, 5.41) is 10.8. The highest BCUT2D eigenvalue weighted by Gasteiger charge is 2.26. The van der Waals surface area contributed by atoms with Crippen LogP contribution in [0.3, 0.4) is 0 Å². The average Bonchev–Trinajstić information content (AvgIpc) is 2.59. The third-order valence-corrected chi connectivity index (χ3v) is 5.01. The monoisotopic (exact) mass is 382 g/mol. The number of pyridine rings is 1. The SMILES string of the molecule is CN(Cc1ccncc1)C(=O)CCc1cc(C(C)(C)C)c(O)c(C(C)(C)C)c1. The number of carbonyl (C=O) groups excluding carboxylic acids is 1. The van der Waals surface area contributed by atoms with E-state index >= 15 is 0 Å². The zero-order valence-corrected chi connectivity index (χ0v) is 18.3. The second-order valence-corrected chi connectivity index (χ2v) is 9.64. The molecule has 152 valence electrons. The van der Waals surface area contributed by atoms with E-state index in [0.717, 1.165) is 22.3 Å². The molecule has 2 aromatic rings. The molecule has 1 heterocycles. The van der Waals surface area contributed by atoms with Crippen LogP contribution >= 0.6 is 0 Å². The fourth-order valence-electron chi connectivity index (χ4n) is 3.27. The van der Waals surface area contributed by atoms with Gasteiger partial charge in [-0.05, 0) is 51.6 Å². The Kier molecular flexibility index (Phi) is 6.53. The van der Waals surface area contributed by atoms with Gasteiger partial charge in [-0.1, -0.05) is 53.7 Å². The molecule has 4 heteroatoms. The molecular formula is C24H34N2O2. The molecule has 1 N–H and O–H groups in total. The first kappa shape index (κ1) is 21.9. The van der Waals surface area contributed by atoms with E-state index < -0.39 is 0 Å². The third kappa shape index (κ3) is 5.57. The maximum atomic E-state index is 12.6. The molecule has 0 radical (unpaired) electrons. The Hall–Kier alpha value is -2.36. The van der Waals surface area contributed by atoms with E-state index in [1.54, 1.807) is 17.3 Å². The first-order chi connectivity index (χ1) is 12.9. The first-order valence-corrected chi connectivity index (χ1v) is 9.89. The summed E-state index contributed by atoms with van der Waals surface area (Å²) in [6, 6.07) is 7.96. The molecule has 4 nitrogen and oxygen atoms in total. The van der Waals surface area contributed by atoms with Crippen LogP contribution in [0.1, 0.15) is 70.2 Å². The van der Waals surface area contributed by atoms with E-state index in [9.17, 15) is 9.90 Å². The number of rotatable bonds is 5. The van der Waals surface area contributed by atoms with Crippen molar-refractivity contribution < 1.29 is 9.90 Å². The van der Waals surface area contributed by atoms with Crippen molar-refractivity contribution in [2.45, 2.75) is 71.8 Å². The van der Waals surface area contributed by atoms with Crippen LogP contribution in [-0.2, 0) is 28.6 Å². The average molecular weight is 383 g/mol. The zero-order valence-electron chi connectivity index (χ0n) is 18.3. The number of hydrogen-bond acceptors (Lipinski definition) is 3. The number of aryl methyl sites for hydroxylation is 1. The molecular weight excluding hydrogens is 348 g/mol. The molecule has 0 bridgehead atoms. The number of aromatic hydroxyl groups is 1. The molecule has 2 rings (SSSR count). The van der Waals surface area contributed by atoms with Gasteiger partial charge in [0.1, 0.15) is 5.75 Å². The highest BCUT2D eigenvalue weighted by Crippen LogP contribution is 2.40. The Balaban J connectivity index is 2.18. The Morgan fingerprint density at radius 1 is 0.964 bits per heavy atom. The molecule has 0 fully saturated rings. The molecule has 0 aliphatic rings. The van der Waals surface area contributed by atoms with Crippen molar-refractivity contribution in [1.82, 2.24) is 9.88 Å². The van der Waals surface area contributed by atoms with Crippen LogP contribution in [0.4, 0.5) is 0 Å². The largest absolute Gasteiger partial charge is 0.507 e. The van der Waals surface area contributed by atoms with Gasteiger partial charge < -0.3 is 10.0 Å². The molecule has 1 amide bonds. The Labute approximate surface area is 169 Å². The predicted octanol–water partition coefficient (Wildman–Crippen LogP) is 4.97. The predicted molar refractivity (Wildman–Crippen MR) is 115 cm³/mol. The highest BCUT2D eigenvalue weighted by molar-refractivity contribution is 5.76. The minimum atomic E-state index is -0.164. The Bertz CT molecular complexity index is 780. The summed E-state index contributed by atoms with van der Waals surface area (Å²) in [6.45, 7) is 13.2. The molecule has 1 aromatic heterocycles. The molecule has 0 aliphatic carbocycles. The standard InChI is InChI=1S/C24H34N2O2/c1-23(2,3)19-14-18(15-20(22(19)28)24(4,5)6)8-9-21(27)26(7)16-17-10-12-25-13-11-17/h10-15,28H,8-9,16H2,1-7H3. The smallest absolute Gasteiger partial charge is 0.222 e. The molecule has 0 saturated carbocycles. The van der Waals surface area contributed by atoms with E-state index in [0.29, 0.717) is 25.1 Å². The molecule has 0 atom stereocenters. The van der Waals surface area contributed by atoms with Gasteiger partial charge in [0, 0.05) is 32.4 Å². The second-order valence-electron chi connectivity index (χ2n) is 9.64. The van der Waals surface area contributed by atoms with E-state index in [1.807, 2.05) is 19.2 Å². The minimum absolute atomic E-state index is 0.111. The first-order valence-electron chi connectivity index (χ1n) is 9.89. The van der Waals surface area contributed by atoms with Crippen molar-refractivity contribution in [3.63, 3.8) is 0 Å². The normalized spacial score (nSPS) is 12.1. The number of hydrogen-bond donors (Lipinski definition) is 1. The van der Waals surface area contributed by atoms with Crippen LogP contribution in [-0.4, -0.2) is 27.9 Å². The Morgan fingerprint density at radius 3 is 1.93 bits per heavy atom. The van der Waals surface area contributed by atoms with Crippen LogP contribution in [0.15, 0.2) is 36.7 Å². The lowest BCUT2D eigenvalue weighted by Gasteiger charge is -2.28. The molecule has 28 heavy (non-hydrogen) atoms. The van der Waals surface area contributed by atoms with E-state index in [2.05, 4.69) is 58.7 Å². The van der Waals surface area contributed by atoms with Crippen LogP contribution < -0.4 is 0 Å². The maximum Gasteiger partial charge on any atom is 0.222 e. The molecule has 0 saturated heterocycles. The van der Waals surface area contributed by atoms with Crippen LogP contribution in [0.5, 0.6) is 5.75 Å². The fourth-order valence-corrected chi connectivity index (χ4v) is 3.27. The van der Waals surface area contributed by atoms with E-state index in [4.69, 9.17) is 0 Å². The zero-order chi connectivity index (χ0) is 21.1. The quantitative estimate of drug-likeness (QED) is 0.794. The lowest BCUT2D eigenvalue weighted by atomic mass is 9.78. The van der Waals surface area contributed by atoms with Crippen molar-refractivity contribution in [3.8, 4) is 5.75 Å². The van der Waals surface area contributed by atoms with Gasteiger partial charge in [0.05, 0.1) is 0 Å². The number of phenols is 1. The molecule has 0 aliphatic heterocycles. The lowest BCUT2D eigenvalue weighted by molar-refractivity contribution is -0.130. The summed E-state index contributed by atoms with van der Waals surface area (Å²) in [5.41, 5.74) is 3.71. The number of nitrogens with zero attached hydrogens (tertiary/aromatic N) is 2. The van der Waals surface area contributed by atoms with Gasteiger partial charge in [-0.15, -0.1) is 0 Å². The van der Waals surface area contributed by atoms with Gasteiger partial charge in [0.15, 0.2) is 0 Å². The Morgan fingerprint density at radius 2 is 1.46 bits per heavy atom. The summed E-state index contributed by atoms with van der Waals surface area (Å²) < 4.78 is 0. The van der Waals surface area contributed by atoms with Crippen LogP contribution in [0, 0.1) is 0 Å². The van der Waals surface area contributed by atoms with Gasteiger partial charge in [-0.2, -0.15) is 0 Å². The van der Waals surface area contributed by atoms with Crippen molar-refractivity contribution >= 4 is 5.91 Å². The summed E-state index contributed by atoms with van der Waals surface area (Å²) in [4.78, 5) is 18.4. The number of benzene rings is 1. The molecule has 0 spiro atoms. The van der Waals surface area contributed by atoms with Gasteiger partial charge in [0.2, 0.25) is 5.91 Å². The van der Waals surface area contributed by atoms with Gasteiger partial charge in [-0.25, -0.2) is 0 Å². The summed E-state index contributed by atoms with van der Waals surface area (Å²) in [7, 11) is 1.83. The van der Waals surface area contributed by atoms with Gasteiger partial charge in [-0.3, -0.25) is 9.78 Å². The second kappa shape index (κ2) is 8.34. The molecule has 1 aromatic carbocycles. The number of phenolic OH excluding ortho intramolecular Hbond substituents is 1. The highest BCUT2D eigenvalue weighted by atomic mass is 16.3. The lowest BCUT2D eigenvalue weighted by Crippen LogP contribution is -2.26. The molecule has 0 unspecified atom stereocenters. The summed E-state index contributed by atoms with van der Waals surface area (Å²) in [5.74, 6) is 0.490. The topological polar surface area (TPSA) is 53.4 Å². The van der Waals surface area contributed by atoms with Crippen molar-refractivity contribution in [1.29, 1.82) is 0 Å². The maximum absolute atomic E-state index is 12.6. The van der Waals surface area contributed by atoms with Gasteiger partial charge in [0.25, 0.3) is 0 Å². The van der Waals surface area contributed by atoms with E-state index in [1.165, 1.54) is 0 Å². The third-order valence-electron chi connectivity index (χ3n) is 5.01. The van der Waals surface area contributed by atoms with Crippen molar-refractivity contribution in [3.05, 3.63) is 58.9 Å². The van der Waals surface area contributed by atoms with Crippen molar-refractivity contribution in [2.24, 2.45) is 0 Å². The number of aromatic nitrogens is 1. The van der Waals surface area contributed by atoms with E-state index in [-0.39, 0.29) is 16.7 Å². The number of amides is 1. The fraction of sp³-hybridized carbons (Fsp3) is 0.500. The summed E-state index contributed by atoms with van der Waals surface area (Å²) in [6.07, 6.45) is 4.59. The minimum Gasteiger partial charge on any atom is -0.507 e. The summed E-state index contributed by atoms with van der Waals surface area (Å²) >= 11 is 0. The van der Waals surface area contributed by atoms with Crippen molar-refractivity contribution in [2.75, 3.05) is 7.05 Å². The number of carbonyl (C=O) groups is 1.